The number of unbranched alkanes of at least 4 members (excludes halogenated alkanes) is 1. The van der Waals surface area contributed by atoms with Crippen molar-refractivity contribution >= 4 is 46.3 Å². The second kappa shape index (κ2) is 11.1. The van der Waals surface area contributed by atoms with Crippen LogP contribution in [0, 0.1) is 5.92 Å². The van der Waals surface area contributed by atoms with Crippen LogP contribution >= 0.6 is 23.2 Å². The fourth-order valence-electron chi connectivity index (χ4n) is 2.72. The van der Waals surface area contributed by atoms with Crippen molar-refractivity contribution in [1.29, 1.82) is 0 Å². The van der Waals surface area contributed by atoms with Gasteiger partial charge in [0.25, 0.3) is 0 Å². The molecule has 2 aromatic rings. The maximum Gasteiger partial charge on any atom is 0.309 e. The van der Waals surface area contributed by atoms with Gasteiger partial charge in [-0.1, -0.05) is 67.7 Å². The number of ether oxygens (including phenoxy) is 1. The smallest absolute Gasteiger partial charge is 0.309 e. The Morgan fingerprint density at radius 2 is 1.75 bits per heavy atom. The van der Waals surface area contributed by atoms with Crippen molar-refractivity contribution in [2.75, 3.05) is 11.9 Å². The van der Waals surface area contributed by atoms with Gasteiger partial charge in [0.2, 0.25) is 0 Å². The van der Waals surface area contributed by atoms with Gasteiger partial charge >= 0.3 is 5.97 Å². The standard InChI is InChI=1S/C22H25Cl2NO3/c1-3-4-12-28-22(27)15(2)13-17(26)14-16-8-5-6-11-20(16)25-21-18(23)9-7-10-19(21)24/h5-11,15,25H,3-4,12-14H2,1-2H3/t15-/m1/s1. The molecule has 0 aromatic heterocycles. The molecular weight excluding hydrogens is 397 g/mol. The van der Waals surface area contributed by atoms with E-state index >= 15 is 0 Å². The summed E-state index contributed by atoms with van der Waals surface area (Å²) in [5.41, 5.74) is 2.16. The van der Waals surface area contributed by atoms with E-state index in [0.717, 1.165) is 24.1 Å². The van der Waals surface area contributed by atoms with Crippen LogP contribution < -0.4 is 5.32 Å². The van der Waals surface area contributed by atoms with Gasteiger partial charge in [0.1, 0.15) is 5.78 Å². The maximum absolute atomic E-state index is 12.5. The molecule has 6 heteroatoms. The highest BCUT2D eigenvalue weighted by atomic mass is 35.5. The third kappa shape index (κ3) is 6.54. The minimum atomic E-state index is -0.456. The van der Waals surface area contributed by atoms with Gasteiger partial charge in [0, 0.05) is 18.5 Å². The van der Waals surface area contributed by atoms with Crippen LogP contribution in [-0.4, -0.2) is 18.4 Å². The molecule has 28 heavy (non-hydrogen) atoms. The lowest BCUT2D eigenvalue weighted by Crippen LogP contribution is -2.20. The van der Waals surface area contributed by atoms with Crippen LogP contribution in [0.4, 0.5) is 11.4 Å². The molecule has 0 amide bonds. The Morgan fingerprint density at radius 1 is 1.07 bits per heavy atom. The van der Waals surface area contributed by atoms with Crippen molar-refractivity contribution in [3.05, 3.63) is 58.1 Å². The molecule has 0 unspecified atom stereocenters. The second-order valence-corrected chi connectivity index (χ2v) is 7.53. The van der Waals surface area contributed by atoms with Crippen LogP contribution in [0.25, 0.3) is 0 Å². The Morgan fingerprint density at radius 3 is 2.43 bits per heavy atom. The molecule has 150 valence electrons. The number of rotatable bonds is 10. The summed E-state index contributed by atoms with van der Waals surface area (Å²) in [7, 11) is 0. The second-order valence-electron chi connectivity index (χ2n) is 6.72. The Kier molecular flexibility index (Phi) is 8.81. The maximum atomic E-state index is 12.5. The average Bonchev–Trinajstić information content (AvgIpc) is 2.66. The molecule has 0 aliphatic carbocycles. The van der Waals surface area contributed by atoms with E-state index in [9.17, 15) is 9.59 Å². The SMILES string of the molecule is CCCCOC(=O)[C@H](C)CC(=O)Cc1ccccc1Nc1c(Cl)cccc1Cl. The molecular formula is C22H25Cl2NO3. The molecule has 1 N–H and O–H groups in total. The molecule has 0 bridgehead atoms. The monoisotopic (exact) mass is 421 g/mol. The molecule has 0 aliphatic rings. The van der Waals surface area contributed by atoms with Crippen LogP contribution in [-0.2, 0) is 20.7 Å². The quantitative estimate of drug-likeness (QED) is 0.365. The molecule has 0 saturated carbocycles. The number of nitrogens with one attached hydrogen (secondary N) is 1. The van der Waals surface area contributed by atoms with Gasteiger partial charge in [0.05, 0.1) is 28.3 Å². The highest BCUT2D eigenvalue weighted by Gasteiger charge is 2.19. The number of carbonyl (C=O) groups excluding carboxylic acids is 2. The van der Waals surface area contributed by atoms with E-state index in [1.807, 2.05) is 31.2 Å². The number of hydrogen-bond donors (Lipinski definition) is 1. The zero-order valence-corrected chi connectivity index (χ0v) is 17.6. The summed E-state index contributed by atoms with van der Waals surface area (Å²) in [5.74, 6) is -0.807. The van der Waals surface area contributed by atoms with Crippen LogP contribution in [0.3, 0.4) is 0 Å². The van der Waals surface area contributed by atoms with Gasteiger partial charge in [0.15, 0.2) is 0 Å². The average molecular weight is 422 g/mol. The van der Waals surface area contributed by atoms with Crippen molar-refractivity contribution < 1.29 is 14.3 Å². The first-order valence-electron chi connectivity index (χ1n) is 9.39. The predicted octanol–water partition coefficient (Wildman–Crippen LogP) is 6.22. The highest BCUT2D eigenvalue weighted by molar-refractivity contribution is 6.39. The third-order valence-corrected chi connectivity index (χ3v) is 4.94. The van der Waals surface area contributed by atoms with Gasteiger partial charge in [-0.3, -0.25) is 9.59 Å². The summed E-state index contributed by atoms with van der Waals surface area (Å²) in [4.78, 5) is 24.5. The number of esters is 1. The number of ketones is 1. The van der Waals surface area contributed by atoms with Crippen LogP contribution in [0.15, 0.2) is 42.5 Å². The first-order chi connectivity index (χ1) is 13.4. The van der Waals surface area contributed by atoms with Crippen LogP contribution in [0.2, 0.25) is 10.0 Å². The molecule has 1 atom stereocenters. The van der Waals surface area contributed by atoms with Gasteiger partial charge < -0.3 is 10.1 Å². The summed E-state index contributed by atoms with van der Waals surface area (Å²) in [6.45, 7) is 4.15. The number of benzene rings is 2. The molecule has 0 heterocycles. The Labute approximate surface area is 176 Å². The van der Waals surface area contributed by atoms with Crippen molar-refractivity contribution in [1.82, 2.24) is 0 Å². The van der Waals surface area contributed by atoms with E-state index in [2.05, 4.69) is 5.32 Å². The van der Waals surface area contributed by atoms with E-state index in [1.54, 1.807) is 25.1 Å². The van der Waals surface area contributed by atoms with E-state index in [-0.39, 0.29) is 24.6 Å². The molecule has 4 nitrogen and oxygen atoms in total. The fourth-order valence-corrected chi connectivity index (χ4v) is 3.21. The number of para-hydroxylation sites is 2. The normalized spacial score (nSPS) is 11.7. The summed E-state index contributed by atoms with van der Waals surface area (Å²) in [6, 6.07) is 12.7. The Bertz CT molecular complexity index is 803. The van der Waals surface area contributed by atoms with Crippen molar-refractivity contribution in [2.45, 2.75) is 39.5 Å². The van der Waals surface area contributed by atoms with Crippen LogP contribution in [0.5, 0.6) is 0 Å². The number of anilines is 2. The minimum absolute atomic E-state index is 0.0283. The van der Waals surface area contributed by atoms with Crippen molar-refractivity contribution in [2.24, 2.45) is 5.92 Å². The largest absolute Gasteiger partial charge is 0.465 e. The van der Waals surface area contributed by atoms with Gasteiger partial charge in [-0.15, -0.1) is 0 Å². The number of hydrogen-bond acceptors (Lipinski definition) is 4. The third-order valence-electron chi connectivity index (χ3n) is 4.31. The zero-order chi connectivity index (χ0) is 20.5. The molecule has 2 rings (SSSR count). The molecule has 0 radical (unpaired) electrons. The molecule has 0 saturated heterocycles. The van der Waals surface area contributed by atoms with Gasteiger partial charge in [-0.05, 0) is 30.2 Å². The van der Waals surface area contributed by atoms with Crippen LogP contribution in [0.1, 0.15) is 38.7 Å². The summed E-state index contributed by atoms with van der Waals surface area (Å²) < 4.78 is 5.19. The molecule has 2 aromatic carbocycles. The predicted molar refractivity (Wildman–Crippen MR) is 115 cm³/mol. The van der Waals surface area contributed by atoms with E-state index in [0.29, 0.717) is 22.3 Å². The zero-order valence-electron chi connectivity index (χ0n) is 16.1. The Balaban J connectivity index is 2.02. The Hall–Kier alpha value is -2.04. The highest BCUT2D eigenvalue weighted by Crippen LogP contribution is 2.33. The summed E-state index contributed by atoms with van der Waals surface area (Å²) in [6.07, 6.45) is 2.14. The topological polar surface area (TPSA) is 55.4 Å². The first kappa shape index (κ1) is 22.3. The van der Waals surface area contributed by atoms with Gasteiger partial charge in [-0.2, -0.15) is 0 Å². The number of carbonyl (C=O) groups is 2. The molecule has 0 aliphatic heterocycles. The minimum Gasteiger partial charge on any atom is -0.465 e. The lowest BCUT2D eigenvalue weighted by atomic mass is 9.99. The van der Waals surface area contributed by atoms with E-state index in [4.69, 9.17) is 27.9 Å². The fraction of sp³-hybridized carbons (Fsp3) is 0.364. The van der Waals surface area contributed by atoms with Gasteiger partial charge in [-0.25, -0.2) is 0 Å². The van der Waals surface area contributed by atoms with E-state index < -0.39 is 5.92 Å². The number of Topliss-reactive ketones (excluding diaryl/α,β-unsaturated/α-hetero) is 1. The van der Waals surface area contributed by atoms with Crippen molar-refractivity contribution in [3.63, 3.8) is 0 Å². The summed E-state index contributed by atoms with van der Waals surface area (Å²) in [5, 5.41) is 4.21. The first-order valence-corrected chi connectivity index (χ1v) is 10.1. The lowest BCUT2D eigenvalue weighted by molar-refractivity contribution is -0.149. The number of halogens is 2. The van der Waals surface area contributed by atoms with E-state index in [1.165, 1.54) is 0 Å². The molecule has 0 fully saturated rings. The van der Waals surface area contributed by atoms with Crippen molar-refractivity contribution in [3.8, 4) is 0 Å². The lowest BCUT2D eigenvalue weighted by Gasteiger charge is -2.15. The summed E-state index contributed by atoms with van der Waals surface area (Å²) >= 11 is 12.5. The molecule has 0 spiro atoms.